The van der Waals surface area contributed by atoms with E-state index < -0.39 is 91.5 Å². The second kappa shape index (κ2) is 64.8. The first-order valence-electron chi connectivity index (χ1n) is 34.9. The smallest absolute Gasteiger partial charge is 0.463 e. The van der Waals surface area contributed by atoms with Crippen molar-refractivity contribution in [2.24, 2.45) is 0 Å². The molecule has 5 atom stereocenters. The maximum atomic E-state index is 12.8. The standard InChI is InChI=1S/C71H126O16P2/c1-4-7-10-13-16-19-22-24-26-27-28-29-30-31-32-33-34-35-36-37-39-41-43-45-48-51-54-57-69(74)81-60-66(72)61-83-88(77,78)84-62-67(73)63-85-89(79,80)86-65-68(87-71(76)59-56-53-50-47-42-21-18-15-12-9-6-3)64-82-70(75)58-55-52-49-46-44-40-38-25-23-20-17-14-11-8-5-2/h15-20,24-26,28-29,31-32,38,66-68,72-73H,4-14,21-23,27,30,33-37,39-65H2,1-3H3,(H,77,78)(H,79,80)/b18-15-,19-16-,20-17-,26-24-,29-28-,32-31-,38-25-. The summed E-state index contributed by atoms with van der Waals surface area (Å²) in [7, 11) is -9.77. The highest BCUT2D eigenvalue weighted by Gasteiger charge is 2.29. The van der Waals surface area contributed by atoms with Crippen LogP contribution in [0.2, 0.25) is 0 Å². The number of ether oxygens (including phenoxy) is 3. The largest absolute Gasteiger partial charge is 0.472 e. The van der Waals surface area contributed by atoms with Crippen LogP contribution < -0.4 is 0 Å². The van der Waals surface area contributed by atoms with Crippen molar-refractivity contribution in [2.75, 3.05) is 39.6 Å². The molecular weight excluding hydrogens is 1170 g/mol. The van der Waals surface area contributed by atoms with E-state index in [1.54, 1.807) is 0 Å². The molecule has 5 unspecified atom stereocenters. The molecule has 0 rings (SSSR count). The third-order valence-electron chi connectivity index (χ3n) is 14.6. The zero-order chi connectivity index (χ0) is 65.3. The topological polar surface area (TPSA) is 231 Å². The van der Waals surface area contributed by atoms with Crippen LogP contribution in [0.25, 0.3) is 0 Å². The number of rotatable bonds is 66. The van der Waals surface area contributed by atoms with Crippen LogP contribution in [0.1, 0.15) is 290 Å². The highest BCUT2D eigenvalue weighted by molar-refractivity contribution is 7.47. The highest BCUT2D eigenvalue weighted by Crippen LogP contribution is 2.45. The Bertz CT molecular complexity index is 1970. The molecule has 0 amide bonds. The Morgan fingerprint density at radius 3 is 0.933 bits per heavy atom. The van der Waals surface area contributed by atoms with Gasteiger partial charge in [0.1, 0.15) is 25.4 Å². The van der Waals surface area contributed by atoms with E-state index in [4.69, 9.17) is 32.3 Å². The summed E-state index contributed by atoms with van der Waals surface area (Å²) in [4.78, 5) is 58.2. The fraction of sp³-hybridized carbons (Fsp3) is 0.761. The van der Waals surface area contributed by atoms with Gasteiger partial charge in [0.15, 0.2) is 6.10 Å². The summed E-state index contributed by atoms with van der Waals surface area (Å²) in [5.41, 5.74) is 0. The van der Waals surface area contributed by atoms with Crippen LogP contribution in [0.4, 0.5) is 0 Å². The van der Waals surface area contributed by atoms with Crippen LogP contribution >= 0.6 is 15.6 Å². The third-order valence-corrected chi connectivity index (χ3v) is 16.5. The fourth-order valence-electron chi connectivity index (χ4n) is 9.15. The van der Waals surface area contributed by atoms with Crippen LogP contribution in [0, 0.1) is 0 Å². The summed E-state index contributed by atoms with van der Waals surface area (Å²) < 4.78 is 60.8. The van der Waals surface area contributed by atoms with Crippen molar-refractivity contribution in [1.82, 2.24) is 0 Å². The predicted octanol–water partition coefficient (Wildman–Crippen LogP) is 19.3. The van der Waals surface area contributed by atoms with Crippen LogP contribution in [0.15, 0.2) is 85.1 Å². The number of hydrogen-bond acceptors (Lipinski definition) is 14. The number of carbonyl (C=O) groups is 3. The number of aliphatic hydroxyl groups is 2. The van der Waals surface area contributed by atoms with Crippen molar-refractivity contribution in [3.05, 3.63) is 85.1 Å². The number of hydrogen-bond donors (Lipinski definition) is 4. The maximum absolute atomic E-state index is 12.8. The average Bonchev–Trinajstić information content (AvgIpc) is 3.72. The van der Waals surface area contributed by atoms with Crippen molar-refractivity contribution in [2.45, 2.75) is 309 Å². The lowest BCUT2D eigenvalue weighted by atomic mass is 10.0. The Morgan fingerprint density at radius 1 is 0.315 bits per heavy atom. The SMILES string of the molecule is CCCC/C=C\CCCCCCCC(=O)OC(COC(=O)CCCCCCC/C=C\C/C=C\CCCCC)COP(=O)(O)OCC(O)COP(=O)(O)OCC(O)COC(=O)CCCCCCCCCCCCC/C=C\C/C=C\C/C=C\C/C=C\CCCCC. The van der Waals surface area contributed by atoms with E-state index in [1.807, 2.05) is 0 Å². The lowest BCUT2D eigenvalue weighted by Crippen LogP contribution is -2.30. The first-order valence-corrected chi connectivity index (χ1v) is 37.9. The molecule has 0 aliphatic heterocycles. The second-order valence-corrected chi connectivity index (χ2v) is 26.2. The molecule has 0 aromatic heterocycles. The first-order chi connectivity index (χ1) is 43.2. The zero-order valence-electron chi connectivity index (χ0n) is 55.8. The number of aliphatic hydroxyl groups excluding tert-OH is 2. The van der Waals surface area contributed by atoms with Crippen molar-refractivity contribution in [3.63, 3.8) is 0 Å². The van der Waals surface area contributed by atoms with E-state index in [0.717, 1.165) is 128 Å². The van der Waals surface area contributed by atoms with Crippen molar-refractivity contribution >= 4 is 33.6 Å². The van der Waals surface area contributed by atoms with Gasteiger partial charge in [0.05, 0.1) is 26.4 Å². The van der Waals surface area contributed by atoms with Gasteiger partial charge < -0.3 is 34.2 Å². The van der Waals surface area contributed by atoms with Gasteiger partial charge >= 0.3 is 33.6 Å². The zero-order valence-corrected chi connectivity index (χ0v) is 57.6. The monoisotopic (exact) mass is 1300 g/mol. The highest BCUT2D eigenvalue weighted by atomic mass is 31.2. The normalized spacial score (nSPS) is 14.7. The minimum Gasteiger partial charge on any atom is -0.463 e. The van der Waals surface area contributed by atoms with E-state index in [1.165, 1.54) is 103 Å². The Balaban J connectivity index is 4.45. The second-order valence-electron chi connectivity index (χ2n) is 23.3. The summed E-state index contributed by atoms with van der Waals surface area (Å²) in [5.74, 6) is -1.60. The molecule has 0 saturated carbocycles. The molecule has 18 heteroatoms. The van der Waals surface area contributed by atoms with Gasteiger partial charge in [-0.05, 0) is 116 Å². The van der Waals surface area contributed by atoms with Crippen LogP contribution in [-0.4, -0.2) is 95.9 Å². The van der Waals surface area contributed by atoms with Gasteiger partial charge in [0, 0.05) is 19.3 Å². The fourth-order valence-corrected chi connectivity index (χ4v) is 10.7. The average molecular weight is 1300 g/mol. The molecule has 516 valence electrons. The van der Waals surface area contributed by atoms with E-state index in [2.05, 4.69) is 106 Å². The van der Waals surface area contributed by atoms with Crippen LogP contribution in [0.5, 0.6) is 0 Å². The molecule has 0 bridgehead atoms. The third kappa shape index (κ3) is 66.0. The molecule has 89 heavy (non-hydrogen) atoms. The molecule has 4 N–H and O–H groups in total. The number of phosphoric ester groups is 2. The Hall–Kier alpha value is -3.27. The van der Waals surface area contributed by atoms with E-state index >= 15 is 0 Å². The summed E-state index contributed by atoms with van der Waals surface area (Å²) in [5, 5.41) is 20.5. The van der Waals surface area contributed by atoms with E-state index in [-0.39, 0.29) is 19.3 Å². The van der Waals surface area contributed by atoms with Crippen molar-refractivity contribution in [3.8, 4) is 0 Å². The molecule has 0 aromatic rings. The summed E-state index contributed by atoms with van der Waals surface area (Å²) in [6.45, 7) is 2.55. The lowest BCUT2D eigenvalue weighted by Gasteiger charge is -2.21. The number of allylic oxidation sites excluding steroid dienone is 14. The predicted molar refractivity (Wildman–Crippen MR) is 362 cm³/mol. The summed E-state index contributed by atoms with van der Waals surface area (Å²) >= 11 is 0. The number of esters is 3. The van der Waals surface area contributed by atoms with Crippen molar-refractivity contribution < 1.29 is 75.8 Å². The number of carbonyl (C=O) groups excluding carboxylic acids is 3. The van der Waals surface area contributed by atoms with E-state index in [0.29, 0.717) is 19.3 Å². The van der Waals surface area contributed by atoms with Gasteiger partial charge in [-0.3, -0.25) is 32.5 Å². The Labute approximate surface area is 540 Å². The van der Waals surface area contributed by atoms with Gasteiger partial charge in [-0.2, -0.15) is 0 Å². The lowest BCUT2D eigenvalue weighted by molar-refractivity contribution is -0.161. The summed E-state index contributed by atoms with van der Waals surface area (Å²) in [6.07, 6.45) is 69.4. The van der Waals surface area contributed by atoms with Gasteiger partial charge in [0.2, 0.25) is 0 Å². The number of unbranched alkanes of at least 4 members (excludes halogenated alkanes) is 29. The molecule has 0 radical (unpaired) electrons. The quantitative estimate of drug-likeness (QED) is 0.0146. The van der Waals surface area contributed by atoms with Gasteiger partial charge in [-0.15, -0.1) is 0 Å². The molecule has 16 nitrogen and oxygen atoms in total. The Morgan fingerprint density at radius 2 is 0.573 bits per heavy atom. The molecule has 0 spiro atoms. The minimum absolute atomic E-state index is 0.0918. The Kier molecular flexibility index (Phi) is 62.4. The molecule has 0 aliphatic carbocycles. The van der Waals surface area contributed by atoms with Crippen LogP contribution in [-0.2, 0) is 55.8 Å². The van der Waals surface area contributed by atoms with Gasteiger partial charge in [-0.1, -0.05) is 241 Å². The van der Waals surface area contributed by atoms with Crippen molar-refractivity contribution in [1.29, 1.82) is 0 Å². The molecule has 0 heterocycles. The minimum atomic E-state index is -4.92. The maximum Gasteiger partial charge on any atom is 0.472 e. The molecular formula is C71H126O16P2. The van der Waals surface area contributed by atoms with E-state index in [9.17, 15) is 43.5 Å². The molecule has 0 aromatic carbocycles. The molecule has 0 fully saturated rings. The first kappa shape index (κ1) is 85.7. The van der Waals surface area contributed by atoms with Gasteiger partial charge in [0.25, 0.3) is 0 Å². The number of phosphoric acid groups is 2. The molecule has 0 aliphatic rings. The molecule has 0 saturated heterocycles. The van der Waals surface area contributed by atoms with Gasteiger partial charge in [-0.25, -0.2) is 9.13 Å². The summed E-state index contributed by atoms with van der Waals surface area (Å²) in [6, 6.07) is 0. The van der Waals surface area contributed by atoms with Crippen LogP contribution in [0.3, 0.4) is 0 Å².